The summed E-state index contributed by atoms with van der Waals surface area (Å²) in [6.07, 6.45) is 0. The Morgan fingerprint density at radius 1 is 1.21 bits per heavy atom. The highest BCUT2D eigenvalue weighted by Gasteiger charge is 2.31. The average molecular weight is 400 g/mol. The highest BCUT2D eigenvalue weighted by molar-refractivity contribution is 8.93. The van der Waals surface area contributed by atoms with Gasteiger partial charge in [0.05, 0.1) is 12.8 Å². The van der Waals surface area contributed by atoms with Crippen LogP contribution >= 0.6 is 34.0 Å². The summed E-state index contributed by atoms with van der Waals surface area (Å²) in [6, 6.07) is 8.23. The monoisotopic (exact) mass is 398 g/mol. The van der Waals surface area contributed by atoms with Gasteiger partial charge < -0.3 is 20.4 Å². The predicted molar refractivity (Wildman–Crippen MR) is 91.5 cm³/mol. The smallest absolute Gasteiger partial charge is 0.142 e. The minimum Gasteiger partial charge on any atom is -0.495 e. The maximum Gasteiger partial charge on any atom is 0.142 e. The summed E-state index contributed by atoms with van der Waals surface area (Å²) in [6.45, 7) is 7.57. The van der Waals surface area contributed by atoms with E-state index in [1.54, 1.807) is 7.11 Å². The van der Waals surface area contributed by atoms with E-state index in [2.05, 4.69) is 36.2 Å². The van der Waals surface area contributed by atoms with E-state index in [0.717, 1.165) is 25.4 Å². The van der Waals surface area contributed by atoms with Crippen LogP contribution in [0.2, 0.25) is 0 Å². The van der Waals surface area contributed by atoms with Gasteiger partial charge in [-0.25, -0.2) is 0 Å². The van der Waals surface area contributed by atoms with Crippen molar-refractivity contribution in [2.24, 2.45) is 0 Å². The number of para-hydroxylation sites is 2. The van der Waals surface area contributed by atoms with Crippen LogP contribution in [-0.4, -0.2) is 37.8 Å². The fraction of sp³-hybridized carbons (Fsp3) is 0.538. The largest absolute Gasteiger partial charge is 0.495 e. The first-order chi connectivity index (χ1) is 7.65. The van der Waals surface area contributed by atoms with Crippen LogP contribution in [0.5, 0.6) is 5.75 Å². The van der Waals surface area contributed by atoms with Crippen LogP contribution < -0.4 is 15.0 Å². The molecule has 4 nitrogen and oxygen atoms in total. The van der Waals surface area contributed by atoms with E-state index in [0.29, 0.717) is 0 Å². The highest BCUT2D eigenvalue weighted by Crippen LogP contribution is 2.33. The van der Waals surface area contributed by atoms with Crippen molar-refractivity contribution < 1.29 is 10.2 Å². The van der Waals surface area contributed by atoms with E-state index in [-0.39, 0.29) is 45.0 Å². The first-order valence-electron chi connectivity index (χ1n) is 5.76. The summed E-state index contributed by atoms with van der Waals surface area (Å²) < 4.78 is 5.43. The molecule has 1 aliphatic heterocycles. The van der Waals surface area contributed by atoms with Gasteiger partial charge in [-0.3, -0.25) is 0 Å². The Morgan fingerprint density at radius 3 is 2.42 bits per heavy atom. The maximum atomic E-state index is 5.43. The number of nitrogens with one attached hydrogen (secondary N) is 1. The van der Waals surface area contributed by atoms with Gasteiger partial charge in [-0.1, -0.05) is 12.1 Å². The zero-order valence-corrected chi connectivity index (χ0v) is 15.0. The highest BCUT2D eigenvalue weighted by atomic mass is 79.9. The lowest BCUT2D eigenvalue weighted by Crippen LogP contribution is -2.58. The molecule has 2 rings (SSSR count). The van der Waals surface area contributed by atoms with Gasteiger partial charge in [-0.15, -0.1) is 34.0 Å². The molecule has 0 unspecified atom stereocenters. The number of hydrogen-bond acceptors (Lipinski definition) is 3. The SMILES string of the molecule is Br.Br.COc1ccccc1N1CCNCC1(C)C.O. The molecule has 0 atom stereocenters. The molecule has 0 aliphatic carbocycles. The first-order valence-corrected chi connectivity index (χ1v) is 5.76. The summed E-state index contributed by atoms with van der Waals surface area (Å²) in [5.74, 6) is 0.956. The molecule has 6 heteroatoms. The van der Waals surface area contributed by atoms with Gasteiger partial charge in [0.15, 0.2) is 0 Å². The van der Waals surface area contributed by atoms with E-state index in [9.17, 15) is 0 Å². The molecule has 112 valence electrons. The van der Waals surface area contributed by atoms with Gasteiger partial charge in [-0.05, 0) is 26.0 Å². The van der Waals surface area contributed by atoms with Crippen molar-refractivity contribution in [1.82, 2.24) is 5.32 Å². The summed E-state index contributed by atoms with van der Waals surface area (Å²) in [4.78, 5) is 2.42. The number of ether oxygens (including phenoxy) is 1. The van der Waals surface area contributed by atoms with E-state index < -0.39 is 0 Å². The molecule has 0 saturated carbocycles. The Bertz CT molecular complexity index is 375. The van der Waals surface area contributed by atoms with Crippen molar-refractivity contribution in [3.8, 4) is 5.75 Å². The molecule has 3 N–H and O–H groups in total. The Morgan fingerprint density at radius 2 is 1.84 bits per heavy atom. The third-order valence-corrected chi connectivity index (χ3v) is 3.18. The number of nitrogens with zero attached hydrogens (tertiary/aromatic N) is 1. The summed E-state index contributed by atoms with van der Waals surface area (Å²) in [5, 5.41) is 3.43. The maximum absolute atomic E-state index is 5.43. The molecule has 0 aromatic heterocycles. The quantitative estimate of drug-likeness (QED) is 0.829. The van der Waals surface area contributed by atoms with Gasteiger partial charge in [-0.2, -0.15) is 0 Å². The summed E-state index contributed by atoms with van der Waals surface area (Å²) >= 11 is 0. The Hall–Kier alpha value is -0.300. The number of hydrogen-bond donors (Lipinski definition) is 1. The molecule has 1 aromatic rings. The average Bonchev–Trinajstić information content (AvgIpc) is 2.28. The second kappa shape index (κ2) is 8.79. The van der Waals surface area contributed by atoms with Gasteiger partial charge in [0.25, 0.3) is 0 Å². The fourth-order valence-electron chi connectivity index (χ4n) is 2.28. The second-order valence-corrected chi connectivity index (χ2v) is 4.81. The number of anilines is 1. The van der Waals surface area contributed by atoms with Crippen LogP contribution in [0.4, 0.5) is 5.69 Å². The molecule has 1 aliphatic rings. The standard InChI is InChI=1S/C13H20N2O.2BrH.H2O/c1-13(2)10-14-8-9-15(13)11-6-4-5-7-12(11)16-3;;;/h4-7,14H,8-10H2,1-3H3;2*1H;1H2. The molecular weight excluding hydrogens is 376 g/mol. The fourth-order valence-corrected chi connectivity index (χ4v) is 2.28. The molecule has 19 heavy (non-hydrogen) atoms. The number of rotatable bonds is 2. The van der Waals surface area contributed by atoms with Crippen LogP contribution in [0.25, 0.3) is 0 Å². The van der Waals surface area contributed by atoms with E-state index in [1.165, 1.54) is 5.69 Å². The van der Waals surface area contributed by atoms with Crippen molar-refractivity contribution in [1.29, 1.82) is 0 Å². The predicted octanol–water partition coefficient (Wildman–Crippen LogP) is 2.21. The third-order valence-electron chi connectivity index (χ3n) is 3.18. The molecule has 1 aromatic carbocycles. The normalized spacial score (nSPS) is 16.5. The zero-order chi connectivity index (χ0) is 11.6. The molecule has 0 bridgehead atoms. The summed E-state index contributed by atoms with van der Waals surface area (Å²) in [5.41, 5.74) is 1.32. The number of benzene rings is 1. The van der Waals surface area contributed by atoms with Gasteiger partial charge in [0, 0.05) is 25.2 Å². The third kappa shape index (κ3) is 4.63. The van der Waals surface area contributed by atoms with Crippen molar-refractivity contribution in [3.63, 3.8) is 0 Å². The van der Waals surface area contributed by atoms with Crippen LogP contribution in [0, 0.1) is 0 Å². The number of piperazine rings is 1. The summed E-state index contributed by atoms with van der Waals surface area (Å²) in [7, 11) is 1.73. The van der Waals surface area contributed by atoms with Crippen molar-refractivity contribution in [2.75, 3.05) is 31.6 Å². The Kier molecular flexibility index (Phi) is 9.72. The molecule has 1 heterocycles. The zero-order valence-electron chi connectivity index (χ0n) is 11.6. The molecule has 0 spiro atoms. The van der Waals surface area contributed by atoms with Crippen molar-refractivity contribution in [2.45, 2.75) is 19.4 Å². The molecular formula is C13H24Br2N2O2. The van der Waals surface area contributed by atoms with Crippen LogP contribution in [0.3, 0.4) is 0 Å². The second-order valence-electron chi connectivity index (χ2n) is 4.81. The molecule has 0 amide bonds. The van der Waals surface area contributed by atoms with Crippen LogP contribution in [0.15, 0.2) is 24.3 Å². The lowest BCUT2D eigenvalue weighted by atomic mass is 9.99. The van der Waals surface area contributed by atoms with E-state index in [4.69, 9.17) is 4.74 Å². The van der Waals surface area contributed by atoms with Gasteiger partial charge in [0.2, 0.25) is 0 Å². The van der Waals surface area contributed by atoms with E-state index in [1.807, 2.05) is 12.1 Å². The van der Waals surface area contributed by atoms with Gasteiger partial charge in [0.1, 0.15) is 5.75 Å². The Balaban J connectivity index is 0. The van der Waals surface area contributed by atoms with Crippen LogP contribution in [-0.2, 0) is 0 Å². The van der Waals surface area contributed by atoms with Crippen LogP contribution in [0.1, 0.15) is 13.8 Å². The molecule has 1 fully saturated rings. The van der Waals surface area contributed by atoms with Crippen molar-refractivity contribution >= 4 is 39.7 Å². The van der Waals surface area contributed by atoms with Gasteiger partial charge >= 0.3 is 0 Å². The Labute approximate surface area is 136 Å². The topological polar surface area (TPSA) is 56.0 Å². The number of halogens is 2. The van der Waals surface area contributed by atoms with E-state index >= 15 is 0 Å². The minimum atomic E-state index is 0. The number of methoxy groups -OCH3 is 1. The molecule has 0 radical (unpaired) electrons. The van der Waals surface area contributed by atoms with Crippen molar-refractivity contribution in [3.05, 3.63) is 24.3 Å². The lowest BCUT2D eigenvalue weighted by molar-refractivity contribution is 0.367. The molecule has 1 saturated heterocycles. The minimum absolute atomic E-state index is 0. The lowest BCUT2D eigenvalue weighted by Gasteiger charge is -2.44. The first kappa shape index (κ1) is 21.0.